The molecule has 6 nitrogen and oxygen atoms in total. The quantitative estimate of drug-likeness (QED) is 0.611. The van der Waals surface area contributed by atoms with Crippen molar-refractivity contribution >= 4 is 29.1 Å². The molecular formula is C21H20ClNO5. The van der Waals surface area contributed by atoms with Gasteiger partial charge >= 0.3 is 11.9 Å². The maximum absolute atomic E-state index is 12.7. The van der Waals surface area contributed by atoms with Gasteiger partial charge in [0.05, 0.1) is 19.3 Å². The highest BCUT2D eigenvalue weighted by molar-refractivity contribution is 6.31. The minimum atomic E-state index is -1.98. The molecule has 0 radical (unpaired) electrons. The molecule has 0 amide bonds. The predicted octanol–water partition coefficient (Wildman–Crippen LogP) is 3.12. The fourth-order valence-electron chi connectivity index (χ4n) is 3.17. The van der Waals surface area contributed by atoms with Crippen LogP contribution in [0.15, 0.2) is 54.1 Å². The van der Waals surface area contributed by atoms with Gasteiger partial charge < -0.3 is 14.2 Å². The summed E-state index contributed by atoms with van der Waals surface area (Å²) >= 11 is 6.15. The molecule has 0 saturated carbocycles. The van der Waals surface area contributed by atoms with E-state index in [0.717, 1.165) is 5.56 Å². The Labute approximate surface area is 167 Å². The highest BCUT2D eigenvalue weighted by Gasteiger charge is 2.51. The standard InChI is InChI=1S/C21H20ClNO5/c1-3-27-20(25)21(23)18(15-12-14(22)9-10-17(15)28-21)16(19(24)26-2)11-13-7-5-4-6-8-13/h4-10,12H,3,11,23H2,1-2H3/b18-16-. The van der Waals surface area contributed by atoms with Gasteiger partial charge in [0.25, 0.3) is 5.72 Å². The van der Waals surface area contributed by atoms with E-state index in [2.05, 4.69) is 0 Å². The lowest BCUT2D eigenvalue weighted by molar-refractivity contribution is -0.155. The molecule has 2 aromatic carbocycles. The van der Waals surface area contributed by atoms with Gasteiger partial charge in [0.2, 0.25) is 0 Å². The van der Waals surface area contributed by atoms with Crippen molar-refractivity contribution in [1.82, 2.24) is 0 Å². The molecule has 28 heavy (non-hydrogen) atoms. The van der Waals surface area contributed by atoms with Crippen molar-refractivity contribution < 1.29 is 23.8 Å². The topological polar surface area (TPSA) is 87.9 Å². The van der Waals surface area contributed by atoms with Crippen LogP contribution in [-0.2, 0) is 25.5 Å². The number of esters is 2. The largest absolute Gasteiger partial charge is 0.466 e. The van der Waals surface area contributed by atoms with Gasteiger partial charge in [-0.25, -0.2) is 9.59 Å². The van der Waals surface area contributed by atoms with E-state index in [-0.39, 0.29) is 24.2 Å². The Morgan fingerprint density at radius 3 is 2.54 bits per heavy atom. The van der Waals surface area contributed by atoms with Gasteiger partial charge in [0, 0.05) is 22.6 Å². The van der Waals surface area contributed by atoms with Gasteiger partial charge in [-0.05, 0) is 30.7 Å². The van der Waals surface area contributed by atoms with Crippen molar-refractivity contribution in [1.29, 1.82) is 0 Å². The first-order chi connectivity index (χ1) is 13.4. The second-order valence-corrected chi connectivity index (χ2v) is 6.64. The monoisotopic (exact) mass is 401 g/mol. The smallest absolute Gasteiger partial charge is 0.371 e. The van der Waals surface area contributed by atoms with Crippen LogP contribution in [0.4, 0.5) is 0 Å². The zero-order valence-electron chi connectivity index (χ0n) is 15.5. The molecule has 146 valence electrons. The van der Waals surface area contributed by atoms with Gasteiger partial charge in [-0.2, -0.15) is 0 Å². The molecule has 0 saturated heterocycles. The summed E-state index contributed by atoms with van der Waals surface area (Å²) in [6, 6.07) is 14.1. The van der Waals surface area contributed by atoms with E-state index in [4.69, 9.17) is 31.5 Å². The number of nitrogens with two attached hydrogens (primary N) is 1. The number of methoxy groups -OCH3 is 1. The normalized spacial score (nSPS) is 19.4. The SMILES string of the molecule is CCOC(=O)C1(N)Oc2ccc(Cl)cc2/C1=C(\Cc1ccccc1)C(=O)OC. The molecule has 2 N–H and O–H groups in total. The molecule has 0 fully saturated rings. The number of carbonyl (C=O) groups is 2. The molecule has 1 aliphatic heterocycles. The van der Waals surface area contributed by atoms with Gasteiger partial charge in [-0.15, -0.1) is 0 Å². The van der Waals surface area contributed by atoms with Crippen LogP contribution < -0.4 is 10.5 Å². The van der Waals surface area contributed by atoms with Gasteiger partial charge in [0.1, 0.15) is 5.75 Å². The summed E-state index contributed by atoms with van der Waals surface area (Å²) in [5.41, 5.74) is 6.09. The lowest BCUT2D eigenvalue weighted by Crippen LogP contribution is -2.53. The number of fused-ring (bicyclic) bond motifs is 1. The molecule has 0 aliphatic carbocycles. The Morgan fingerprint density at radius 1 is 1.18 bits per heavy atom. The second kappa shape index (κ2) is 8.04. The lowest BCUT2D eigenvalue weighted by Gasteiger charge is -2.25. The molecule has 1 atom stereocenters. The fraction of sp³-hybridized carbons (Fsp3) is 0.238. The number of halogens is 1. The Bertz CT molecular complexity index is 941. The van der Waals surface area contributed by atoms with Crippen LogP contribution in [0.25, 0.3) is 5.57 Å². The van der Waals surface area contributed by atoms with Crippen LogP contribution >= 0.6 is 11.6 Å². The summed E-state index contributed by atoms with van der Waals surface area (Å²) in [5, 5.41) is 0.414. The molecule has 1 heterocycles. The van der Waals surface area contributed by atoms with E-state index >= 15 is 0 Å². The van der Waals surface area contributed by atoms with Gasteiger partial charge in [-0.3, -0.25) is 5.73 Å². The van der Waals surface area contributed by atoms with Gasteiger partial charge in [0.15, 0.2) is 0 Å². The first-order valence-electron chi connectivity index (χ1n) is 8.71. The summed E-state index contributed by atoms with van der Waals surface area (Å²) in [5.74, 6) is -1.08. The third-order valence-corrected chi connectivity index (χ3v) is 4.62. The summed E-state index contributed by atoms with van der Waals surface area (Å²) in [6.07, 6.45) is 0.191. The number of ether oxygens (including phenoxy) is 3. The zero-order chi connectivity index (χ0) is 20.3. The highest BCUT2D eigenvalue weighted by atomic mass is 35.5. The van der Waals surface area contributed by atoms with Crippen LogP contribution in [-0.4, -0.2) is 31.4 Å². The number of hydrogen-bond donors (Lipinski definition) is 1. The minimum absolute atomic E-state index is 0.109. The molecule has 0 spiro atoms. The third-order valence-electron chi connectivity index (χ3n) is 4.39. The molecule has 1 unspecified atom stereocenters. The first kappa shape index (κ1) is 19.9. The lowest BCUT2D eigenvalue weighted by atomic mass is 9.89. The Hall–Kier alpha value is -2.83. The summed E-state index contributed by atoms with van der Waals surface area (Å²) < 4.78 is 15.9. The van der Waals surface area contributed by atoms with E-state index in [1.165, 1.54) is 7.11 Å². The zero-order valence-corrected chi connectivity index (χ0v) is 16.3. The van der Waals surface area contributed by atoms with E-state index < -0.39 is 17.7 Å². The van der Waals surface area contributed by atoms with Crippen LogP contribution in [0.2, 0.25) is 5.02 Å². The maximum atomic E-state index is 12.7. The van der Waals surface area contributed by atoms with Crippen LogP contribution in [0.5, 0.6) is 5.75 Å². The van der Waals surface area contributed by atoms with Crippen molar-refractivity contribution in [2.75, 3.05) is 13.7 Å². The summed E-state index contributed by atoms with van der Waals surface area (Å²) in [7, 11) is 1.27. The number of rotatable bonds is 5. The second-order valence-electron chi connectivity index (χ2n) is 6.21. The van der Waals surface area contributed by atoms with Crippen molar-refractivity contribution in [3.63, 3.8) is 0 Å². The number of carbonyl (C=O) groups excluding carboxylic acids is 2. The Balaban J connectivity index is 2.26. The third kappa shape index (κ3) is 3.61. The first-order valence-corrected chi connectivity index (χ1v) is 9.09. The fourth-order valence-corrected chi connectivity index (χ4v) is 3.34. The molecule has 0 bridgehead atoms. The molecule has 1 aliphatic rings. The van der Waals surface area contributed by atoms with Crippen molar-refractivity contribution in [2.24, 2.45) is 5.73 Å². The molecule has 0 aromatic heterocycles. The van der Waals surface area contributed by atoms with E-state index in [9.17, 15) is 9.59 Å². The van der Waals surface area contributed by atoms with E-state index in [0.29, 0.717) is 16.3 Å². The van der Waals surface area contributed by atoms with Crippen LogP contribution in [0.3, 0.4) is 0 Å². The average molecular weight is 402 g/mol. The highest BCUT2D eigenvalue weighted by Crippen LogP contribution is 2.45. The maximum Gasteiger partial charge on any atom is 0.371 e. The molecule has 2 aromatic rings. The average Bonchev–Trinajstić information content (AvgIpc) is 2.99. The Morgan fingerprint density at radius 2 is 1.89 bits per heavy atom. The minimum Gasteiger partial charge on any atom is -0.466 e. The molecular weight excluding hydrogens is 382 g/mol. The summed E-state index contributed by atoms with van der Waals surface area (Å²) in [4.78, 5) is 25.4. The molecule has 7 heteroatoms. The van der Waals surface area contributed by atoms with Crippen LogP contribution in [0.1, 0.15) is 18.1 Å². The van der Waals surface area contributed by atoms with E-state index in [1.54, 1.807) is 25.1 Å². The van der Waals surface area contributed by atoms with Gasteiger partial charge in [-0.1, -0.05) is 41.9 Å². The van der Waals surface area contributed by atoms with Crippen molar-refractivity contribution in [3.05, 3.63) is 70.3 Å². The van der Waals surface area contributed by atoms with Crippen molar-refractivity contribution in [3.8, 4) is 5.75 Å². The van der Waals surface area contributed by atoms with Crippen LogP contribution in [0, 0.1) is 0 Å². The number of benzene rings is 2. The predicted molar refractivity (Wildman–Crippen MR) is 105 cm³/mol. The Kier molecular flexibility index (Phi) is 5.72. The van der Waals surface area contributed by atoms with Crippen molar-refractivity contribution in [2.45, 2.75) is 19.1 Å². The molecule has 3 rings (SSSR count). The number of hydrogen-bond acceptors (Lipinski definition) is 6. The van der Waals surface area contributed by atoms with E-state index in [1.807, 2.05) is 30.3 Å². The summed E-state index contributed by atoms with van der Waals surface area (Å²) in [6.45, 7) is 1.77.